The maximum Gasteiger partial charge on any atom is 0.288 e. The molecular weight excluding hydrogens is 256 g/mol. The van der Waals surface area contributed by atoms with Gasteiger partial charge in [0.05, 0.1) is 4.90 Å². The Balaban J connectivity index is 2.47. The summed E-state index contributed by atoms with van der Waals surface area (Å²) >= 11 is 0. The average Bonchev–Trinajstić information content (AvgIpc) is 2.79. The summed E-state index contributed by atoms with van der Waals surface area (Å²) in [4.78, 5) is 14.4. The number of carbonyl (C=O) groups excluding carboxylic acids is 1. The summed E-state index contributed by atoms with van der Waals surface area (Å²) in [6, 6.07) is 6.24. The van der Waals surface area contributed by atoms with Gasteiger partial charge < -0.3 is 5.73 Å². The largest absolute Gasteiger partial charge is 0.363 e. The molecule has 0 unspecified atom stereocenters. The fourth-order valence-corrected chi connectivity index (χ4v) is 2.35. The zero-order chi connectivity index (χ0) is 13.3. The number of nitrogens with zero attached hydrogens (tertiary/aromatic N) is 3. The van der Waals surface area contributed by atoms with Crippen LogP contribution in [-0.2, 0) is 10.0 Å². The van der Waals surface area contributed by atoms with Crippen LogP contribution < -0.4 is 5.73 Å². The van der Waals surface area contributed by atoms with E-state index in [9.17, 15) is 13.2 Å². The molecule has 18 heavy (non-hydrogen) atoms. The van der Waals surface area contributed by atoms with Crippen molar-refractivity contribution in [3.8, 4) is 0 Å². The zero-order valence-electron chi connectivity index (χ0n) is 9.44. The van der Waals surface area contributed by atoms with Crippen molar-refractivity contribution in [3.63, 3.8) is 0 Å². The molecule has 1 amide bonds. The third-order valence-electron chi connectivity index (χ3n) is 2.26. The van der Waals surface area contributed by atoms with Gasteiger partial charge in [-0.25, -0.2) is 4.98 Å². The minimum Gasteiger partial charge on any atom is -0.363 e. The van der Waals surface area contributed by atoms with Gasteiger partial charge in [0.15, 0.2) is 0 Å². The SMILES string of the molecule is Cc1ccc(S(=O)(=O)n2cnc(C(N)=O)n2)cc1. The number of benzene rings is 1. The number of rotatable bonds is 3. The summed E-state index contributed by atoms with van der Waals surface area (Å²) < 4.78 is 24.8. The zero-order valence-corrected chi connectivity index (χ0v) is 10.3. The Morgan fingerprint density at radius 2 is 1.89 bits per heavy atom. The van der Waals surface area contributed by atoms with Crippen LogP contribution in [0.5, 0.6) is 0 Å². The molecule has 0 saturated carbocycles. The minimum atomic E-state index is -3.83. The normalized spacial score (nSPS) is 11.4. The second-order valence-electron chi connectivity index (χ2n) is 3.62. The number of hydrogen-bond donors (Lipinski definition) is 1. The van der Waals surface area contributed by atoms with E-state index in [-0.39, 0.29) is 10.7 Å². The van der Waals surface area contributed by atoms with Gasteiger partial charge in [0.25, 0.3) is 15.9 Å². The molecule has 0 aliphatic rings. The van der Waals surface area contributed by atoms with Gasteiger partial charge in [-0.1, -0.05) is 17.7 Å². The molecule has 0 fully saturated rings. The Labute approximate surface area is 103 Å². The van der Waals surface area contributed by atoms with Gasteiger partial charge in [0.1, 0.15) is 6.33 Å². The van der Waals surface area contributed by atoms with E-state index in [1.54, 1.807) is 12.1 Å². The molecule has 1 heterocycles. The first-order chi connectivity index (χ1) is 8.41. The number of aryl methyl sites for hydroxylation is 1. The van der Waals surface area contributed by atoms with Crippen LogP contribution in [0.3, 0.4) is 0 Å². The summed E-state index contributed by atoms with van der Waals surface area (Å²) in [5, 5.41) is 3.52. The van der Waals surface area contributed by atoms with Crippen molar-refractivity contribution >= 4 is 15.9 Å². The van der Waals surface area contributed by atoms with E-state index in [4.69, 9.17) is 5.73 Å². The van der Waals surface area contributed by atoms with Gasteiger partial charge in [-0.2, -0.15) is 8.42 Å². The van der Waals surface area contributed by atoms with Crippen molar-refractivity contribution in [2.45, 2.75) is 11.8 Å². The molecule has 0 aliphatic heterocycles. The highest BCUT2D eigenvalue weighted by atomic mass is 32.2. The molecular formula is C10H10N4O3S. The molecule has 0 spiro atoms. The van der Waals surface area contributed by atoms with Gasteiger partial charge in [0, 0.05) is 0 Å². The summed E-state index contributed by atoms with van der Waals surface area (Å²) in [6.45, 7) is 1.84. The standard InChI is InChI=1S/C10H10N4O3S/c1-7-2-4-8(5-3-7)18(16,17)14-6-12-10(13-14)9(11)15/h2-6H,1H3,(H2,11,15). The molecule has 0 aliphatic carbocycles. The summed E-state index contributed by atoms with van der Waals surface area (Å²) in [7, 11) is -3.83. The van der Waals surface area contributed by atoms with Gasteiger partial charge in [-0.15, -0.1) is 9.19 Å². The van der Waals surface area contributed by atoms with Crippen molar-refractivity contribution in [1.29, 1.82) is 0 Å². The van der Waals surface area contributed by atoms with E-state index < -0.39 is 15.9 Å². The van der Waals surface area contributed by atoms with Gasteiger partial charge in [-0.05, 0) is 19.1 Å². The van der Waals surface area contributed by atoms with E-state index in [0.29, 0.717) is 4.09 Å². The Kier molecular flexibility index (Phi) is 2.87. The van der Waals surface area contributed by atoms with Gasteiger partial charge >= 0.3 is 0 Å². The predicted octanol–water partition coefficient (Wildman–Crippen LogP) is -0.0776. The van der Waals surface area contributed by atoms with E-state index in [2.05, 4.69) is 10.1 Å². The monoisotopic (exact) mass is 266 g/mol. The smallest absolute Gasteiger partial charge is 0.288 e. The lowest BCUT2D eigenvalue weighted by atomic mass is 10.2. The van der Waals surface area contributed by atoms with E-state index in [1.165, 1.54) is 12.1 Å². The first-order valence-corrected chi connectivity index (χ1v) is 6.39. The number of hydrogen-bond acceptors (Lipinski definition) is 5. The van der Waals surface area contributed by atoms with Gasteiger partial charge in [0.2, 0.25) is 5.82 Å². The highest BCUT2D eigenvalue weighted by Crippen LogP contribution is 2.13. The van der Waals surface area contributed by atoms with Crippen LogP contribution in [0.25, 0.3) is 0 Å². The molecule has 1 aromatic heterocycles. The molecule has 0 atom stereocenters. The van der Waals surface area contributed by atoms with Crippen molar-refractivity contribution < 1.29 is 13.2 Å². The Bertz CT molecular complexity index is 688. The minimum absolute atomic E-state index is 0.0639. The van der Waals surface area contributed by atoms with E-state index >= 15 is 0 Å². The maximum atomic E-state index is 12.1. The number of nitrogens with two attached hydrogens (primary N) is 1. The van der Waals surface area contributed by atoms with Crippen molar-refractivity contribution in [2.75, 3.05) is 0 Å². The van der Waals surface area contributed by atoms with E-state index in [0.717, 1.165) is 11.9 Å². The highest BCUT2D eigenvalue weighted by molar-refractivity contribution is 7.89. The lowest BCUT2D eigenvalue weighted by molar-refractivity contribution is 0.0990. The number of aromatic nitrogens is 3. The fourth-order valence-electron chi connectivity index (χ4n) is 1.30. The molecule has 8 heteroatoms. The van der Waals surface area contributed by atoms with Crippen LogP contribution in [0.4, 0.5) is 0 Å². The molecule has 0 saturated heterocycles. The van der Waals surface area contributed by atoms with Gasteiger partial charge in [-0.3, -0.25) is 4.79 Å². The molecule has 2 aromatic rings. The van der Waals surface area contributed by atoms with Crippen LogP contribution in [0.1, 0.15) is 16.2 Å². The average molecular weight is 266 g/mol. The lowest BCUT2D eigenvalue weighted by Gasteiger charge is -2.03. The molecule has 2 N–H and O–H groups in total. The third-order valence-corrected chi connectivity index (χ3v) is 3.79. The second-order valence-corrected chi connectivity index (χ2v) is 5.42. The molecule has 0 bridgehead atoms. The van der Waals surface area contributed by atoms with Crippen molar-refractivity contribution in [3.05, 3.63) is 42.0 Å². The molecule has 94 valence electrons. The lowest BCUT2D eigenvalue weighted by Crippen LogP contribution is -2.17. The van der Waals surface area contributed by atoms with E-state index in [1.807, 2.05) is 6.92 Å². The highest BCUT2D eigenvalue weighted by Gasteiger charge is 2.19. The summed E-state index contributed by atoms with van der Waals surface area (Å²) in [6.07, 6.45) is 0.940. The fraction of sp³-hybridized carbons (Fsp3) is 0.100. The van der Waals surface area contributed by atoms with Crippen molar-refractivity contribution in [1.82, 2.24) is 14.2 Å². The number of carbonyl (C=O) groups is 1. The second kappa shape index (κ2) is 4.22. The predicted molar refractivity (Wildman–Crippen MR) is 62.3 cm³/mol. The Morgan fingerprint density at radius 1 is 1.28 bits per heavy atom. The maximum absolute atomic E-state index is 12.1. The van der Waals surface area contributed by atoms with Crippen LogP contribution in [0.15, 0.2) is 35.5 Å². The number of amides is 1. The Hall–Kier alpha value is -2.22. The Morgan fingerprint density at radius 3 is 2.39 bits per heavy atom. The van der Waals surface area contributed by atoms with Crippen molar-refractivity contribution in [2.24, 2.45) is 5.73 Å². The molecule has 2 rings (SSSR count). The molecule has 7 nitrogen and oxygen atoms in total. The molecule has 1 aromatic carbocycles. The van der Waals surface area contributed by atoms with Crippen LogP contribution in [0.2, 0.25) is 0 Å². The number of primary amides is 1. The van der Waals surface area contributed by atoms with Crippen LogP contribution >= 0.6 is 0 Å². The third kappa shape index (κ3) is 2.09. The molecule has 0 radical (unpaired) electrons. The summed E-state index contributed by atoms with van der Waals surface area (Å²) in [5.41, 5.74) is 5.89. The summed E-state index contributed by atoms with van der Waals surface area (Å²) in [5.74, 6) is -1.22. The quantitative estimate of drug-likeness (QED) is 0.836. The topological polar surface area (TPSA) is 108 Å². The first-order valence-electron chi connectivity index (χ1n) is 4.95. The van der Waals surface area contributed by atoms with Crippen LogP contribution in [0, 0.1) is 6.92 Å². The van der Waals surface area contributed by atoms with Crippen LogP contribution in [-0.4, -0.2) is 28.5 Å². The first kappa shape index (κ1) is 12.2.